The molecule has 4 aliphatic heterocycles. The summed E-state index contributed by atoms with van der Waals surface area (Å²) in [4.78, 5) is 53.3. The number of piperidine rings is 2. The van der Waals surface area contributed by atoms with Gasteiger partial charge in [-0.2, -0.15) is 0 Å². The van der Waals surface area contributed by atoms with E-state index in [1.807, 2.05) is 20.8 Å². The van der Waals surface area contributed by atoms with Crippen LogP contribution in [0.4, 0.5) is 21.5 Å². The van der Waals surface area contributed by atoms with E-state index < -0.39 is 32.2 Å². The summed E-state index contributed by atoms with van der Waals surface area (Å²) in [6, 6.07) is 17.7. The lowest BCUT2D eigenvalue weighted by atomic mass is 9.69. The number of carbonyl (C=O) groups is 2. The number of hydrogen-bond donors (Lipinski definition) is 4. The van der Waals surface area contributed by atoms with Crippen molar-refractivity contribution in [2.75, 3.05) is 56.1 Å². The van der Waals surface area contributed by atoms with Gasteiger partial charge in [-0.25, -0.2) is 22.5 Å². The van der Waals surface area contributed by atoms with Gasteiger partial charge in [-0.3, -0.25) is 14.5 Å². The number of aromatic amines is 1. The van der Waals surface area contributed by atoms with Crippen molar-refractivity contribution in [1.29, 1.82) is 0 Å². The molecule has 3 aromatic carbocycles. The van der Waals surface area contributed by atoms with Gasteiger partial charge in [0.15, 0.2) is 0 Å². The van der Waals surface area contributed by atoms with E-state index in [1.165, 1.54) is 41.7 Å². The van der Waals surface area contributed by atoms with Crippen LogP contribution in [0.15, 0.2) is 83.1 Å². The number of halogens is 1. The van der Waals surface area contributed by atoms with Crippen molar-refractivity contribution in [1.82, 2.24) is 24.5 Å². The third-order valence-corrected chi connectivity index (χ3v) is 17.5. The molecule has 3 atom stereocenters. The number of nitrogens with zero attached hydrogens (tertiary/aromatic N) is 5. The fourth-order valence-corrected chi connectivity index (χ4v) is 13.0. The van der Waals surface area contributed by atoms with Gasteiger partial charge in [-0.05, 0) is 110 Å². The fraction of sp³-hybridized carbons (Fsp3) is 0.500. The number of amides is 2. The Hall–Kier alpha value is -6.11. The fourth-order valence-electron chi connectivity index (χ4n) is 12.0. The number of aliphatic hydroxyl groups is 1. The molecule has 4 fully saturated rings. The van der Waals surface area contributed by atoms with E-state index in [2.05, 4.69) is 78.0 Å². The van der Waals surface area contributed by atoms with Crippen LogP contribution in [0.1, 0.15) is 113 Å². The number of sulfonamides is 1. The number of pyridine rings is 1. The zero-order valence-corrected chi connectivity index (χ0v) is 42.4. The Bertz CT molecular complexity index is 2990. The Balaban J connectivity index is 0.856. The van der Waals surface area contributed by atoms with Crippen LogP contribution in [0.5, 0.6) is 17.2 Å². The maximum Gasteiger partial charge on any atom is 0.268 e. The lowest BCUT2D eigenvalue weighted by Crippen LogP contribution is -2.65. The van der Waals surface area contributed by atoms with Crippen molar-refractivity contribution in [3.63, 3.8) is 0 Å². The van der Waals surface area contributed by atoms with E-state index in [-0.39, 0.29) is 81.3 Å². The molecule has 0 unspecified atom stereocenters. The lowest BCUT2D eigenvalue weighted by molar-refractivity contribution is -0.138. The number of aromatic nitrogens is 2. The highest BCUT2D eigenvalue weighted by Gasteiger charge is 2.50. The summed E-state index contributed by atoms with van der Waals surface area (Å²) in [5.74, 6) is -0.359. The van der Waals surface area contributed by atoms with Crippen molar-refractivity contribution in [3.8, 4) is 17.2 Å². The van der Waals surface area contributed by atoms with E-state index in [4.69, 9.17) is 9.47 Å². The Morgan fingerprint density at radius 2 is 1.74 bits per heavy atom. The second kappa shape index (κ2) is 19.4. The second-order valence-corrected chi connectivity index (χ2v) is 23.5. The average molecular weight is 1010 g/mol. The largest absolute Gasteiger partial charge is 0.489 e. The molecule has 72 heavy (non-hydrogen) atoms. The molecule has 18 heteroatoms. The summed E-state index contributed by atoms with van der Waals surface area (Å²) in [7, 11) is -4.61. The molecule has 6 heterocycles. The molecule has 1 aliphatic carbocycles. The Kier molecular flexibility index (Phi) is 13.3. The first kappa shape index (κ1) is 49.5. The van der Waals surface area contributed by atoms with Crippen LogP contribution >= 0.6 is 0 Å². The van der Waals surface area contributed by atoms with Crippen LogP contribution in [0.3, 0.4) is 0 Å². The topological polar surface area (TPSA) is 199 Å². The molecule has 2 amide bonds. The van der Waals surface area contributed by atoms with Gasteiger partial charge in [0, 0.05) is 81.2 Å². The van der Waals surface area contributed by atoms with Gasteiger partial charge in [0.05, 0.1) is 33.7 Å². The maximum absolute atomic E-state index is 14.7. The van der Waals surface area contributed by atoms with Crippen LogP contribution in [0, 0.1) is 28.0 Å². The van der Waals surface area contributed by atoms with E-state index in [0.717, 1.165) is 76.6 Å². The normalized spacial score (nSPS) is 24.3. The van der Waals surface area contributed by atoms with Crippen LogP contribution in [-0.4, -0.2) is 109 Å². The van der Waals surface area contributed by atoms with Gasteiger partial charge in [-0.15, -0.1) is 4.91 Å². The third kappa shape index (κ3) is 9.76. The lowest BCUT2D eigenvalue weighted by Gasteiger charge is -2.59. The first-order chi connectivity index (χ1) is 34.4. The summed E-state index contributed by atoms with van der Waals surface area (Å²) in [5.41, 5.74) is 3.15. The van der Waals surface area contributed by atoms with Gasteiger partial charge in [-0.1, -0.05) is 52.0 Å². The predicted molar refractivity (Wildman–Crippen MR) is 273 cm³/mol. The van der Waals surface area contributed by atoms with Gasteiger partial charge < -0.3 is 34.7 Å². The highest BCUT2D eigenvalue weighted by Crippen LogP contribution is 2.48. The van der Waals surface area contributed by atoms with Crippen LogP contribution in [0.25, 0.3) is 11.0 Å². The second-order valence-electron chi connectivity index (χ2n) is 21.8. The molecule has 2 aromatic heterocycles. The number of anilines is 2. The third-order valence-electron chi connectivity index (χ3n) is 16.1. The number of benzene rings is 3. The van der Waals surface area contributed by atoms with Crippen LogP contribution in [0.2, 0.25) is 0 Å². The number of nitroso groups, excluding NO2 is 1. The molecule has 0 bridgehead atoms. The summed E-state index contributed by atoms with van der Waals surface area (Å²) >= 11 is 0. The Labute approximate surface area is 420 Å². The first-order valence-corrected chi connectivity index (χ1v) is 26.9. The number of rotatable bonds is 12. The summed E-state index contributed by atoms with van der Waals surface area (Å²) in [6.45, 7) is 15.3. The summed E-state index contributed by atoms with van der Waals surface area (Å²) < 4.78 is 57.2. The van der Waals surface area contributed by atoms with E-state index in [1.54, 1.807) is 12.1 Å². The van der Waals surface area contributed by atoms with E-state index >= 15 is 0 Å². The average Bonchev–Trinajstić information content (AvgIpc) is 3.73. The van der Waals surface area contributed by atoms with Crippen molar-refractivity contribution < 1.29 is 37.0 Å². The molecule has 1 saturated carbocycles. The van der Waals surface area contributed by atoms with Gasteiger partial charge in [0.2, 0.25) is 5.91 Å². The number of H-pyrrole nitrogens is 1. The zero-order valence-electron chi connectivity index (χ0n) is 41.6. The van der Waals surface area contributed by atoms with E-state index in [0.29, 0.717) is 37.0 Å². The molecular weight excluding hydrogens is 940 g/mol. The summed E-state index contributed by atoms with van der Waals surface area (Å²) in [6.07, 6.45) is 8.15. The van der Waals surface area contributed by atoms with Crippen molar-refractivity contribution >= 4 is 49.9 Å². The SMILES string of the molecule is CC(C)C(=O)N1CC[C@@H](N2CC3(CCN(c4ccc(C(=O)NS(=O)(=O)c5cc(N=O)c6c(c5)OC[C@H](C5CCC(C)(O)CC5)N6)c(Oc5cnc6[nH]cc(F)c6c5)c4)CC3)C2)[C@@H](c2ccccc2C(C)C)C1. The molecule has 3 saturated heterocycles. The molecule has 5 aliphatic rings. The molecule has 5 aromatic rings. The van der Waals surface area contributed by atoms with Crippen LogP contribution in [-0.2, 0) is 14.8 Å². The molecular formula is C54H65FN8O8S. The van der Waals surface area contributed by atoms with Crippen molar-refractivity contribution in [2.24, 2.45) is 22.4 Å². The zero-order chi connectivity index (χ0) is 50.7. The number of likely N-dealkylation sites (tertiary alicyclic amines) is 2. The first-order valence-electron chi connectivity index (χ1n) is 25.4. The monoisotopic (exact) mass is 1000 g/mol. The number of hydrogen-bond acceptors (Lipinski definition) is 13. The quantitative estimate of drug-likeness (QED) is 0.0866. The molecule has 1 spiro atoms. The molecule has 0 radical (unpaired) electrons. The predicted octanol–water partition coefficient (Wildman–Crippen LogP) is 9.19. The van der Waals surface area contributed by atoms with Crippen molar-refractivity contribution in [3.05, 3.63) is 100 Å². The van der Waals surface area contributed by atoms with Gasteiger partial charge >= 0.3 is 0 Å². The highest BCUT2D eigenvalue weighted by atomic mass is 32.2. The molecule has 10 rings (SSSR count). The van der Waals surface area contributed by atoms with Gasteiger partial charge in [0.25, 0.3) is 15.9 Å². The van der Waals surface area contributed by atoms with Gasteiger partial charge in [0.1, 0.15) is 46.7 Å². The molecule has 4 N–H and O–H groups in total. The maximum atomic E-state index is 14.7. The molecule has 16 nitrogen and oxygen atoms in total. The minimum Gasteiger partial charge on any atom is -0.489 e. The number of fused-ring (bicyclic) bond motifs is 2. The Morgan fingerprint density at radius 1 is 0.986 bits per heavy atom. The van der Waals surface area contributed by atoms with Crippen molar-refractivity contribution in [2.45, 2.75) is 114 Å². The minimum atomic E-state index is -4.61. The standard InChI is InChI=1S/C54H65FN8O8S/c1-32(2)38-8-6-7-9-39(38)42-28-62(52(65)33(3)4)19-14-46(42)63-30-54(31-63)17-20-61(21-18-54)35-10-11-40(47(22-35)71-36-23-41-43(55)27-57-50(41)56-26-36)51(64)60-72(68,69)37-24-44(59-67)49-48(25-37)70-29-45(58-49)34-12-15-53(5,66)16-13-34/h6-11,22-27,32-34,42,45-46,58,66H,12-21,28-31H2,1-5H3,(H,56,57)(H,60,64)/t34?,42-,45-,46-,53?/m1/s1. The number of nitrogens with one attached hydrogen (secondary N) is 3. The van der Waals surface area contributed by atoms with Crippen LogP contribution < -0.4 is 24.4 Å². The van der Waals surface area contributed by atoms with E-state index in [9.17, 15) is 32.4 Å². The summed E-state index contributed by atoms with van der Waals surface area (Å²) in [5, 5.41) is 17.1. The smallest absolute Gasteiger partial charge is 0.268 e. The Morgan fingerprint density at radius 3 is 2.46 bits per heavy atom. The minimum absolute atomic E-state index is 0.0332. The highest BCUT2D eigenvalue weighted by molar-refractivity contribution is 7.90. The number of ether oxygens (including phenoxy) is 2. The number of carbonyl (C=O) groups excluding carboxylic acids is 2. The molecule has 382 valence electrons.